The van der Waals surface area contributed by atoms with Gasteiger partial charge in [0.1, 0.15) is 11.9 Å². The molecule has 0 aliphatic carbocycles. The van der Waals surface area contributed by atoms with Crippen molar-refractivity contribution in [1.82, 2.24) is 20.1 Å². The van der Waals surface area contributed by atoms with Crippen LogP contribution in [0.3, 0.4) is 0 Å². The first-order valence-electron chi connectivity index (χ1n) is 7.25. The van der Waals surface area contributed by atoms with Gasteiger partial charge in [0.2, 0.25) is 0 Å². The number of halogens is 2. The maximum atomic E-state index is 12.8. The van der Waals surface area contributed by atoms with E-state index in [9.17, 15) is 18.7 Å². The summed E-state index contributed by atoms with van der Waals surface area (Å²) < 4.78 is 25.6. The fourth-order valence-electron chi connectivity index (χ4n) is 2.64. The molecule has 6 nitrogen and oxygen atoms in total. The van der Waals surface area contributed by atoms with Crippen molar-refractivity contribution in [2.75, 3.05) is 13.1 Å². The molecule has 8 heteroatoms. The normalized spacial score (nSPS) is 17.5. The zero-order valence-electron chi connectivity index (χ0n) is 12.2. The average molecular weight is 322 g/mol. The highest BCUT2D eigenvalue weighted by Gasteiger charge is 2.41. The number of alkyl halides is 2. The topological polar surface area (TPSA) is 82.1 Å². The van der Waals surface area contributed by atoms with Crippen molar-refractivity contribution in [2.45, 2.75) is 24.9 Å². The molecule has 23 heavy (non-hydrogen) atoms. The Morgan fingerprint density at radius 3 is 2.70 bits per heavy atom. The zero-order valence-corrected chi connectivity index (χ0v) is 12.2. The summed E-state index contributed by atoms with van der Waals surface area (Å²) in [5, 5.41) is 16.3. The predicted octanol–water partition coefficient (Wildman–Crippen LogP) is 1.70. The van der Waals surface area contributed by atoms with E-state index < -0.39 is 12.0 Å². The number of benzene rings is 1. The second-order valence-electron chi connectivity index (χ2n) is 5.61. The molecule has 0 saturated carbocycles. The molecular weight excluding hydrogens is 306 g/mol. The largest absolute Gasteiger partial charge is 0.384 e. The molecular formula is C15H16F2N4O2. The van der Waals surface area contributed by atoms with Crippen LogP contribution < -0.4 is 0 Å². The van der Waals surface area contributed by atoms with Crippen LogP contribution in [0.2, 0.25) is 0 Å². The van der Waals surface area contributed by atoms with Crippen LogP contribution in [-0.4, -0.2) is 56.2 Å². The highest BCUT2D eigenvalue weighted by Crippen LogP contribution is 2.29. The summed E-state index contributed by atoms with van der Waals surface area (Å²) in [7, 11) is 0. The summed E-state index contributed by atoms with van der Waals surface area (Å²) in [5.74, 6) is 0.299. The number of likely N-dealkylation sites (tertiary alicyclic amines) is 1. The van der Waals surface area contributed by atoms with Crippen molar-refractivity contribution in [3.63, 3.8) is 0 Å². The number of hydrogen-bond acceptors (Lipinski definition) is 4. The number of rotatable bonds is 3. The first-order valence-corrected chi connectivity index (χ1v) is 7.25. The number of aromatic nitrogens is 3. The molecule has 1 aliphatic rings. The number of carbonyl (C=O) groups is 1. The van der Waals surface area contributed by atoms with Gasteiger partial charge in [-0.25, -0.2) is 13.8 Å². The lowest BCUT2D eigenvalue weighted by molar-refractivity contribution is -0.122. The molecule has 0 radical (unpaired) electrons. The van der Waals surface area contributed by atoms with Gasteiger partial charge < -0.3 is 10.0 Å². The van der Waals surface area contributed by atoms with E-state index in [0.29, 0.717) is 11.4 Å². The fraction of sp³-hybridized carbons (Fsp3) is 0.400. The lowest BCUT2D eigenvalue weighted by atomic mass is 9.91. The third-order valence-electron chi connectivity index (χ3n) is 4.12. The smallest absolute Gasteiger partial charge is 0.266 e. The van der Waals surface area contributed by atoms with Gasteiger partial charge in [-0.15, -0.1) is 0 Å². The van der Waals surface area contributed by atoms with E-state index in [1.165, 1.54) is 11.2 Å². The minimum absolute atomic E-state index is 0.103. The summed E-state index contributed by atoms with van der Waals surface area (Å²) in [6.45, 7) is 0.207. The van der Waals surface area contributed by atoms with Crippen molar-refractivity contribution in [3.05, 3.63) is 36.2 Å². The summed E-state index contributed by atoms with van der Waals surface area (Å²) in [6, 6.07) is 6.86. The Morgan fingerprint density at radius 1 is 1.35 bits per heavy atom. The summed E-state index contributed by atoms with van der Waals surface area (Å²) in [6.07, 6.45) is -1.68. The van der Waals surface area contributed by atoms with E-state index in [1.807, 2.05) is 0 Å². The highest BCUT2D eigenvalue weighted by molar-refractivity contribution is 5.95. The summed E-state index contributed by atoms with van der Waals surface area (Å²) in [4.78, 5) is 18.0. The van der Waals surface area contributed by atoms with Gasteiger partial charge in [-0.1, -0.05) is 12.1 Å². The van der Waals surface area contributed by atoms with Crippen LogP contribution in [0.15, 0.2) is 30.6 Å². The molecule has 1 fully saturated rings. The second-order valence-corrected chi connectivity index (χ2v) is 5.61. The number of hydrogen-bond donors (Lipinski definition) is 2. The quantitative estimate of drug-likeness (QED) is 0.901. The SMILES string of the molecule is O=C(c1cccc(-c2ncn[nH]2)c1)N1CCC(O)(C(F)F)CC1. The van der Waals surface area contributed by atoms with Crippen LogP contribution in [0.4, 0.5) is 8.78 Å². The van der Waals surface area contributed by atoms with Crippen molar-refractivity contribution < 1.29 is 18.7 Å². The minimum Gasteiger partial charge on any atom is -0.384 e. The molecule has 1 aromatic heterocycles. The molecule has 3 rings (SSSR count). The molecule has 2 aromatic rings. The predicted molar refractivity (Wildman–Crippen MR) is 77.9 cm³/mol. The standard InChI is InChI=1S/C15H16F2N4O2/c16-14(17)15(23)4-6-21(7-5-15)13(22)11-3-1-2-10(8-11)12-18-9-19-20-12/h1-3,8-9,14,23H,4-7H2,(H,18,19,20). The minimum atomic E-state index is -2.80. The number of nitrogens with one attached hydrogen (secondary N) is 1. The number of H-pyrrole nitrogens is 1. The van der Waals surface area contributed by atoms with Gasteiger partial charge in [0.15, 0.2) is 5.82 Å². The number of aromatic amines is 1. The maximum Gasteiger partial charge on any atom is 0.266 e. The van der Waals surface area contributed by atoms with E-state index in [0.717, 1.165) is 5.56 Å². The Hall–Kier alpha value is -2.35. The van der Waals surface area contributed by atoms with Gasteiger partial charge in [-0.3, -0.25) is 9.89 Å². The van der Waals surface area contributed by atoms with Gasteiger partial charge in [-0.2, -0.15) is 5.10 Å². The van der Waals surface area contributed by atoms with Crippen LogP contribution in [0.1, 0.15) is 23.2 Å². The first kappa shape index (κ1) is 15.5. The first-order chi connectivity index (χ1) is 11.0. The highest BCUT2D eigenvalue weighted by atomic mass is 19.3. The molecule has 1 aliphatic heterocycles. The zero-order chi connectivity index (χ0) is 16.4. The lowest BCUT2D eigenvalue weighted by Gasteiger charge is -2.37. The molecule has 0 unspecified atom stereocenters. The lowest BCUT2D eigenvalue weighted by Crippen LogP contribution is -2.50. The monoisotopic (exact) mass is 322 g/mol. The third kappa shape index (κ3) is 3.07. The molecule has 1 amide bonds. The van der Waals surface area contributed by atoms with Crippen molar-refractivity contribution in [3.8, 4) is 11.4 Å². The Bertz CT molecular complexity index is 683. The van der Waals surface area contributed by atoms with Crippen LogP contribution in [-0.2, 0) is 0 Å². The van der Waals surface area contributed by atoms with E-state index in [1.54, 1.807) is 24.3 Å². The van der Waals surface area contributed by atoms with E-state index in [-0.39, 0.29) is 31.8 Å². The van der Waals surface area contributed by atoms with Gasteiger partial charge in [0.25, 0.3) is 12.3 Å². The number of aliphatic hydroxyl groups is 1. The van der Waals surface area contributed by atoms with Crippen molar-refractivity contribution in [1.29, 1.82) is 0 Å². The van der Waals surface area contributed by atoms with Crippen LogP contribution in [0.5, 0.6) is 0 Å². The molecule has 0 bridgehead atoms. The van der Waals surface area contributed by atoms with Gasteiger partial charge in [0.05, 0.1) is 0 Å². The maximum absolute atomic E-state index is 12.8. The Balaban J connectivity index is 1.73. The van der Waals surface area contributed by atoms with Gasteiger partial charge >= 0.3 is 0 Å². The number of nitrogens with zero attached hydrogens (tertiary/aromatic N) is 3. The number of amides is 1. The van der Waals surface area contributed by atoms with E-state index in [2.05, 4.69) is 15.2 Å². The molecule has 2 heterocycles. The molecule has 122 valence electrons. The van der Waals surface area contributed by atoms with Gasteiger partial charge in [0, 0.05) is 24.2 Å². The third-order valence-corrected chi connectivity index (χ3v) is 4.12. The Morgan fingerprint density at radius 2 is 2.09 bits per heavy atom. The molecule has 2 N–H and O–H groups in total. The fourth-order valence-corrected chi connectivity index (χ4v) is 2.64. The van der Waals surface area contributed by atoms with E-state index in [4.69, 9.17) is 0 Å². The summed E-state index contributed by atoms with van der Waals surface area (Å²) >= 11 is 0. The molecule has 1 aromatic carbocycles. The van der Waals surface area contributed by atoms with Crippen LogP contribution in [0.25, 0.3) is 11.4 Å². The Kier molecular flexibility index (Phi) is 4.08. The molecule has 0 atom stereocenters. The van der Waals surface area contributed by atoms with E-state index >= 15 is 0 Å². The van der Waals surface area contributed by atoms with Crippen molar-refractivity contribution in [2.24, 2.45) is 0 Å². The second kappa shape index (κ2) is 6.04. The van der Waals surface area contributed by atoms with Gasteiger partial charge in [-0.05, 0) is 25.0 Å². The summed E-state index contributed by atoms with van der Waals surface area (Å²) in [5.41, 5.74) is -0.825. The van der Waals surface area contributed by atoms with Crippen LogP contribution in [0, 0.1) is 0 Å². The Labute approximate surface area is 131 Å². The number of piperidine rings is 1. The molecule has 1 saturated heterocycles. The molecule has 0 spiro atoms. The van der Waals surface area contributed by atoms with Crippen LogP contribution >= 0.6 is 0 Å². The number of carbonyl (C=O) groups excluding carboxylic acids is 1. The van der Waals surface area contributed by atoms with Crippen molar-refractivity contribution >= 4 is 5.91 Å². The average Bonchev–Trinajstić information content (AvgIpc) is 3.09.